The number of ether oxygens (including phenoxy) is 3. The average molecular weight is 524 g/mol. The summed E-state index contributed by atoms with van der Waals surface area (Å²) in [4.78, 5) is 14.6. The Morgan fingerprint density at radius 3 is 2.03 bits per heavy atom. The van der Waals surface area contributed by atoms with Crippen LogP contribution in [0, 0.1) is 29.1 Å². The SMILES string of the molecule is COc1cc(N2CCCC2)c(OC)cc1N=Nc1cc(C(=O)Oc2c(F)c(F)c(F)c(F)c2F)n(C)c1. The molecule has 1 aliphatic rings. The first-order valence-electron chi connectivity index (χ1n) is 11.0. The monoisotopic (exact) mass is 524 g/mol. The molecule has 1 aromatic heterocycles. The normalized spacial score (nSPS) is 13.5. The van der Waals surface area contributed by atoms with E-state index in [0.717, 1.165) is 31.6 Å². The molecule has 37 heavy (non-hydrogen) atoms. The topological polar surface area (TPSA) is 77.7 Å². The minimum atomic E-state index is -2.36. The molecule has 8 nitrogen and oxygen atoms in total. The Bertz CT molecular complexity index is 1360. The van der Waals surface area contributed by atoms with Crippen molar-refractivity contribution >= 4 is 23.0 Å². The Morgan fingerprint density at radius 1 is 0.838 bits per heavy atom. The molecule has 3 aromatic rings. The number of benzene rings is 2. The maximum absolute atomic E-state index is 13.9. The van der Waals surface area contributed by atoms with E-state index in [9.17, 15) is 26.7 Å². The molecule has 1 fully saturated rings. The first-order chi connectivity index (χ1) is 17.7. The third-order valence-electron chi connectivity index (χ3n) is 5.76. The minimum Gasteiger partial charge on any atom is -0.494 e. The van der Waals surface area contributed by atoms with Gasteiger partial charge in [0.25, 0.3) is 0 Å². The van der Waals surface area contributed by atoms with Gasteiger partial charge in [-0.3, -0.25) is 0 Å². The zero-order valence-electron chi connectivity index (χ0n) is 19.9. The van der Waals surface area contributed by atoms with Gasteiger partial charge in [0.15, 0.2) is 0 Å². The van der Waals surface area contributed by atoms with E-state index in [-0.39, 0.29) is 11.4 Å². The summed E-state index contributed by atoms with van der Waals surface area (Å²) in [5, 5.41) is 8.22. The zero-order chi connectivity index (χ0) is 26.9. The quantitative estimate of drug-likeness (QED) is 0.0950. The van der Waals surface area contributed by atoms with Gasteiger partial charge in [-0.25, -0.2) is 18.0 Å². The first-order valence-corrected chi connectivity index (χ1v) is 11.0. The number of hydrogen-bond acceptors (Lipinski definition) is 7. The predicted octanol–water partition coefficient (Wildman–Crippen LogP) is 5.97. The summed E-state index contributed by atoms with van der Waals surface area (Å²) in [7, 11) is 4.40. The Kier molecular flexibility index (Phi) is 7.32. The van der Waals surface area contributed by atoms with Crippen LogP contribution < -0.4 is 19.1 Å². The highest BCUT2D eigenvalue weighted by atomic mass is 19.2. The largest absolute Gasteiger partial charge is 0.494 e. The van der Waals surface area contributed by atoms with Crippen molar-refractivity contribution in [3.05, 3.63) is 59.2 Å². The fourth-order valence-corrected chi connectivity index (χ4v) is 3.88. The highest BCUT2D eigenvalue weighted by Crippen LogP contribution is 2.41. The van der Waals surface area contributed by atoms with Crippen molar-refractivity contribution < 1.29 is 41.0 Å². The van der Waals surface area contributed by atoms with Crippen LogP contribution in [0.25, 0.3) is 0 Å². The van der Waals surface area contributed by atoms with Gasteiger partial charge in [-0.1, -0.05) is 0 Å². The Labute approximate surface area is 207 Å². The van der Waals surface area contributed by atoms with Crippen LogP contribution >= 0.6 is 0 Å². The molecule has 1 saturated heterocycles. The van der Waals surface area contributed by atoms with Crippen LogP contribution in [0.2, 0.25) is 0 Å². The first kappa shape index (κ1) is 25.9. The van der Waals surface area contributed by atoms with Gasteiger partial charge in [-0.05, 0) is 18.9 Å². The Balaban J connectivity index is 1.60. The van der Waals surface area contributed by atoms with Crippen molar-refractivity contribution in [2.45, 2.75) is 12.8 Å². The number of rotatable bonds is 7. The standard InChI is InChI=1S/C24H21F5N4O4/c1-32-11-12(8-15(32)24(34)37-23-21(28)19(26)18(25)20(27)22(23)29)30-31-13-9-17(36-3)14(10-16(13)35-2)33-6-4-5-7-33/h8-11H,4-7H2,1-3H3. The van der Waals surface area contributed by atoms with Crippen molar-refractivity contribution in [1.82, 2.24) is 4.57 Å². The number of carbonyl (C=O) groups is 1. The zero-order valence-corrected chi connectivity index (χ0v) is 19.9. The minimum absolute atomic E-state index is 0.136. The molecule has 2 aromatic carbocycles. The van der Waals surface area contributed by atoms with Crippen LogP contribution in [0.3, 0.4) is 0 Å². The fraction of sp³-hybridized carbons (Fsp3) is 0.292. The molecular weight excluding hydrogens is 503 g/mol. The van der Waals surface area contributed by atoms with Gasteiger partial charge in [0.05, 0.1) is 19.9 Å². The van der Waals surface area contributed by atoms with Gasteiger partial charge in [-0.2, -0.15) is 8.78 Å². The van der Waals surface area contributed by atoms with E-state index in [0.29, 0.717) is 17.2 Å². The molecule has 0 unspecified atom stereocenters. The average Bonchev–Trinajstić information content (AvgIpc) is 3.57. The Hall–Kier alpha value is -4.16. The van der Waals surface area contributed by atoms with Crippen LogP contribution in [0.4, 0.5) is 39.0 Å². The smallest absolute Gasteiger partial charge is 0.360 e. The van der Waals surface area contributed by atoms with Gasteiger partial charge in [0.1, 0.15) is 28.6 Å². The summed E-state index contributed by atoms with van der Waals surface area (Å²) in [6.07, 6.45) is 3.48. The number of esters is 1. The third-order valence-corrected chi connectivity index (χ3v) is 5.76. The molecule has 2 heterocycles. The molecule has 1 aliphatic heterocycles. The molecule has 13 heteroatoms. The summed E-state index contributed by atoms with van der Waals surface area (Å²) in [6, 6.07) is 4.60. The number of anilines is 1. The third kappa shape index (κ3) is 4.93. The lowest BCUT2D eigenvalue weighted by molar-refractivity contribution is 0.0706. The van der Waals surface area contributed by atoms with Gasteiger partial charge in [0, 0.05) is 38.5 Å². The molecule has 0 aliphatic carbocycles. The number of aryl methyl sites for hydroxylation is 1. The van der Waals surface area contributed by atoms with Crippen molar-refractivity contribution in [2.75, 3.05) is 32.2 Å². The maximum atomic E-state index is 13.9. The highest BCUT2D eigenvalue weighted by molar-refractivity contribution is 5.90. The number of methoxy groups -OCH3 is 2. The van der Waals surface area contributed by atoms with Crippen molar-refractivity contribution in [3.8, 4) is 17.2 Å². The molecule has 0 N–H and O–H groups in total. The van der Waals surface area contributed by atoms with E-state index in [4.69, 9.17) is 9.47 Å². The van der Waals surface area contributed by atoms with Crippen molar-refractivity contribution in [1.29, 1.82) is 0 Å². The number of nitrogens with zero attached hydrogens (tertiary/aromatic N) is 4. The van der Waals surface area contributed by atoms with E-state index in [1.165, 1.54) is 38.1 Å². The fourth-order valence-electron chi connectivity index (χ4n) is 3.88. The molecular formula is C24H21F5N4O4. The molecule has 196 valence electrons. The number of aromatic nitrogens is 1. The summed E-state index contributed by atoms with van der Waals surface area (Å²) in [5.74, 6) is -13.5. The summed E-state index contributed by atoms with van der Waals surface area (Å²) in [5.41, 5.74) is 1.04. The van der Waals surface area contributed by atoms with Crippen molar-refractivity contribution in [2.24, 2.45) is 17.3 Å². The van der Waals surface area contributed by atoms with E-state index in [1.54, 1.807) is 12.1 Å². The van der Waals surface area contributed by atoms with Crippen LogP contribution in [-0.2, 0) is 7.05 Å². The molecule has 0 atom stereocenters. The lowest BCUT2D eigenvalue weighted by atomic mass is 10.2. The van der Waals surface area contributed by atoms with E-state index < -0.39 is 40.8 Å². The van der Waals surface area contributed by atoms with Gasteiger partial charge < -0.3 is 23.7 Å². The van der Waals surface area contributed by atoms with Crippen LogP contribution in [0.1, 0.15) is 23.3 Å². The highest BCUT2D eigenvalue weighted by Gasteiger charge is 2.29. The molecule has 4 rings (SSSR count). The molecule has 0 amide bonds. The molecule has 0 bridgehead atoms. The van der Waals surface area contributed by atoms with Crippen LogP contribution in [0.15, 0.2) is 34.6 Å². The van der Waals surface area contributed by atoms with Crippen molar-refractivity contribution in [3.63, 3.8) is 0 Å². The second kappa shape index (κ2) is 10.4. The number of hydrogen-bond donors (Lipinski definition) is 0. The summed E-state index contributed by atoms with van der Waals surface area (Å²) >= 11 is 0. The number of carbonyl (C=O) groups excluding carboxylic acids is 1. The summed E-state index contributed by atoms with van der Waals surface area (Å²) in [6.45, 7) is 1.77. The van der Waals surface area contributed by atoms with Gasteiger partial charge in [0.2, 0.25) is 34.8 Å². The molecule has 0 spiro atoms. The number of azo groups is 1. The summed E-state index contributed by atoms with van der Waals surface area (Å²) < 4.78 is 84.5. The second-order valence-electron chi connectivity index (χ2n) is 8.07. The molecule has 0 radical (unpaired) electrons. The van der Waals surface area contributed by atoms with Crippen LogP contribution in [0.5, 0.6) is 17.2 Å². The van der Waals surface area contributed by atoms with E-state index in [1.807, 2.05) is 0 Å². The number of halogens is 5. The van der Waals surface area contributed by atoms with E-state index >= 15 is 0 Å². The van der Waals surface area contributed by atoms with Gasteiger partial charge >= 0.3 is 5.97 Å². The predicted molar refractivity (Wildman–Crippen MR) is 122 cm³/mol. The molecule has 0 saturated carbocycles. The van der Waals surface area contributed by atoms with Crippen LogP contribution in [-0.4, -0.2) is 37.8 Å². The van der Waals surface area contributed by atoms with E-state index in [2.05, 4.69) is 19.9 Å². The van der Waals surface area contributed by atoms with Gasteiger partial charge in [-0.15, -0.1) is 10.2 Å². The second-order valence-corrected chi connectivity index (χ2v) is 8.07. The lowest BCUT2D eigenvalue weighted by Gasteiger charge is -2.21. The lowest BCUT2D eigenvalue weighted by Crippen LogP contribution is -2.18. The Morgan fingerprint density at radius 2 is 1.43 bits per heavy atom. The maximum Gasteiger partial charge on any atom is 0.360 e.